The number of fused-ring (bicyclic) bond motifs is 2. The summed E-state index contributed by atoms with van der Waals surface area (Å²) in [5.74, 6) is -0.301. The van der Waals surface area contributed by atoms with Crippen molar-refractivity contribution in [3.8, 4) is 11.5 Å². The molecule has 0 radical (unpaired) electrons. The highest BCUT2D eigenvalue weighted by atomic mass is 32.2. The summed E-state index contributed by atoms with van der Waals surface area (Å²) in [6.45, 7) is 0. The lowest BCUT2D eigenvalue weighted by molar-refractivity contribution is -0.388. The molecule has 0 aliphatic rings. The number of nitro groups is 2. The minimum Gasteiger partial charge on any atom is -0.378 e. The van der Waals surface area contributed by atoms with E-state index in [1.165, 1.54) is 36.4 Å². The van der Waals surface area contributed by atoms with Gasteiger partial charge in [-0.3, -0.25) is 20.2 Å². The molecule has 0 aliphatic heterocycles. The standard InChI is InChI=1S/C33H22N2O10S2/c36-34(37)28-13-5-7-15-32(28)46(40,41)44-30-19-17-22-9-1-3-11-24(22)26(30)21-27-25-12-4-2-10-23(25)18-20-31(27)45-47(42,43)33-16-8-6-14-29(33)35(38)39/h1-20H,21H2. The van der Waals surface area contributed by atoms with Gasteiger partial charge >= 0.3 is 20.2 Å². The molecule has 0 fully saturated rings. The van der Waals surface area contributed by atoms with Gasteiger partial charge in [0.15, 0.2) is 9.79 Å². The molecule has 6 aromatic carbocycles. The first-order valence-corrected chi connectivity index (χ1v) is 16.6. The highest BCUT2D eigenvalue weighted by Crippen LogP contribution is 2.39. The molecule has 0 atom stereocenters. The second-order valence-corrected chi connectivity index (χ2v) is 13.3. The maximum Gasteiger partial charge on any atom is 0.346 e. The van der Waals surface area contributed by atoms with Crippen LogP contribution in [0.3, 0.4) is 0 Å². The highest BCUT2D eigenvalue weighted by molar-refractivity contribution is 7.87. The van der Waals surface area contributed by atoms with E-state index >= 15 is 0 Å². The van der Waals surface area contributed by atoms with E-state index in [0.717, 1.165) is 24.3 Å². The lowest BCUT2D eigenvalue weighted by Crippen LogP contribution is -2.14. The van der Waals surface area contributed by atoms with Gasteiger partial charge in [0.05, 0.1) is 9.85 Å². The van der Waals surface area contributed by atoms with Gasteiger partial charge in [0.2, 0.25) is 0 Å². The Hall–Kier alpha value is -5.86. The number of nitro benzene ring substituents is 2. The van der Waals surface area contributed by atoms with Crippen LogP contribution in [0, 0.1) is 20.2 Å². The first-order valence-electron chi connectivity index (χ1n) is 13.8. The van der Waals surface area contributed by atoms with Crippen molar-refractivity contribution in [2.75, 3.05) is 0 Å². The molecule has 6 rings (SSSR count). The van der Waals surface area contributed by atoms with Crippen LogP contribution in [0.2, 0.25) is 0 Å². The zero-order chi connectivity index (χ0) is 33.3. The van der Waals surface area contributed by atoms with Crippen molar-refractivity contribution in [1.82, 2.24) is 0 Å². The van der Waals surface area contributed by atoms with Gasteiger partial charge in [0.1, 0.15) is 11.5 Å². The van der Waals surface area contributed by atoms with Gasteiger partial charge in [0, 0.05) is 29.7 Å². The molecule has 0 saturated carbocycles. The van der Waals surface area contributed by atoms with Crippen LogP contribution in [-0.2, 0) is 26.7 Å². The van der Waals surface area contributed by atoms with Gasteiger partial charge in [0.25, 0.3) is 11.4 Å². The molecule has 0 amide bonds. The molecule has 0 aromatic heterocycles. The van der Waals surface area contributed by atoms with Crippen LogP contribution in [-0.4, -0.2) is 26.7 Å². The maximum absolute atomic E-state index is 13.5. The van der Waals surface area contributed by atoms with Crippen LogP contribution in [0.5, 0.6) is 11.5 Å². The molecule has 47 heavy (non-hydrogen) atoms. The fourth-order valence-electron chi connectivity index (χ4n) is 5.29. The fraction of sp³-hybridized carbons (Fsp3) is 0.0303. The van der Waals surface area contributed by atoms with Crippen LogP contribution in [0.15, 0.2) is 131 Å². The summed E-state index contributed by atoms with van der Waals surface area (Å²) in [5, 5.41) is 25.8. The van der Waals surface area contributed by atoms with E-state index in [4.69, 9.17) is 8.37 Å². The molecule has 0 aliphatic carbocycles. The summed E-state index contributed by atoms with van der Waals surface area (Å²) in [7, 11) is -9.47. The summed E-state index contributed by atoms with van der Waals surface area (Å²) < 4.78 is 65.1. The van der Waals surface area contributed by atoms with Crippen LogP contribution >= 0.6 is 0 Å². The molecule has 0 N–H and O–H groups in total. The lowest BCUT2D eigenvalue weighted by Gasteiger charge is -2.18. The van der Waals surface area contributed by atoms with E-state index in [-0.39, 0.29) is 17.9 Å². The van der Waals surface area contributed by atoms with Crippen molar-refractivity contribution in [1.29, 1.82) is 0 Å². The van der Waals surface area contributed by atoms with Gasteiger partial charge in [-0.2, -0.15) is 16.8 Å². The Morgan fingerprint density at radius 3 is 1.26 bits per heavy atom. The molecule has 12 nitrogen and oxygen atoms in total. The van der Waals surface area contributed by atoms with E-state index in [1.54, 1.807) is 60.7 Å². The third kappa shape index (κ3) is 6.06. The van der Waals surface area contributed by atoms with Crippen molar-refractivity contribution in [3.05, 3.63) is 153 Å². The predicted octanol–water partition coefficient (Wildman–Crippen LogP) is 6.94. The number of hydrogen-bond acceptors (Lipinski definition) is 10. The Morgan fingerprint density at radius 2 is 0.851 bits per heavy atom. The molecule has 14 heteroatoms. The smallest absolute Gasteiger partial charge is 0.346 e. The SMILES string of the molecule is O=[N+]([O-])c1ccccc1S(=O)(=O)Oc1ccc2ccccc2c1Cc1c(OS(=O)(=O)c2ccccc2[N+](=O)[O-])ccc2ccccc12. The zero-order valence-corrected chi connectivity index (χ0v) is 25.7. The minimum atomic E-state index is -4.74. The highest BCUT2D eigenvalue weighted by Gasteiger charge is 2.30. The van der Waals surface area contributed by atoms with Crippen LogP contribution in [0.4, 0.5) is 11.4 Å². The van der Waals surface area contributed by atoms with Crippen molar-refractivity contribution in [2.24, 2.45) is 0 Å². The summed E-state index contributed by atoms with van der Waals surface area (Å²) in [6.07, 6.45) is -0.133. The average Bonchev–Trinajstić information content (AvgIpc) is 3.06. The minimum absolute atomic E-state index is 0.133. The Morgan fingerprint density at radius 1 is 0.489 bits per heavy atom. The molecule has 0 unspecified atom stereocenters. The quantitative estimate of drug-likeness (QED) is 0.0844. The zero-order valence-electron chi connectivity index (χ0n) is 24.0. The lowest BCUT2D eigenvalue weighted by atomic mass is 9.93. The number of benzene rings is 6. The molecule has 236 valence electrons. The van der Waals surface area contributed by atoms with Crippen LogP contribution < -0.4 is 8.37 Å². The second-order valence-electron chi connectivity index (χ2n) is 10.2. The number of hydrogen-bond donors (Lipinski definition) is 0. The summed E-state index contributed by atoms with van der Waals surface area (Å²) >= 11 is 0. The predicted molar refractivity (Wildman–Crippen MR) is 173 cm³/mol. The number of para-hydroxylation sites is 2. The number of rotatable bonds is 10. The molecular formula is C33H22N2O10S2. The topological polar surface area (TPSA) is 173 Å². The molecule has 0 bridgehead atoms. The fourth-order valence-corrected chi connectivity index (χ4v) is 7.55. The Labute approximate surface area is 268 Å². The van der Waals surface area contributed by atoms with E-state index < -0.39 is 51.2 Å². The van der Waals surface area contributed by atoms with Crippen molar-refractivity contribution in [3.63, 3.8) is 0 Å². The molecular weight excluding hydrogens is 649 g/mol. The maximum atomic E-state index is 13.5. The van der Waals surface area contributed by atoms with Crippen LogP contribution in [0.25, 0.3) is 21.5 Å². The normalized spacial score (nSPS) is 11.7. The summed E-state index contributed by atoms with van der Waals surface area (Å²) in [6, 6.07) is 29.7. The van der Waals surface area contributed by atoms with Crippen molar-refractivity contribution >= 4 is 53.2 Å². The summed E-state index contributed by atoms with van der Waals surface area (Å²) in [4.78, 5) is 20.3. The van der Waals surface area contributed by atoms with Gasteiger partial charge in [-0.25, -0.2) is 0 Å². The first kappa shape index (κ1) is 31.1. The van der Waals surface area contributed by atoms with Crippen molar-refractivity contribution < 1.29 is 35.0 Å². The van der Waals surface area contributed by atoms with E-state index in [2.05, 4.69) is 0 Å². The number of nitrogens with zero attached hydrogens (tertiary/aromatic N) is 2. The van der Waals surface area contributed by atoms with Gasteiger partial charge in [-0.15, -0.1) is 0 Å². The van der Waals surface area contributed by atoms with E-state index in [0.29, 0.717) is 32.7 Å². The van der Waals surface area contributed by atoms with Crippen LogP contribution in [0.1, 0.15) is 11.1 Å². The third-order valence-electron chi connectivity index (χ3n) is 7.41. The summed E-state index contributed by atoms with van der Waals surface area (Å²) in [5.41, 5.74) is -0.705. The Bertz CT molecular complexity index is 2280. The molecule has 0 spiro atoms. The largest absolute Gasteiger partial charge is 0.378 e. The van der Waals surface area contributed by atoms with Gasteiger partial charge in [-0.05, 0) is 45.8 Å². The third-order valence-corrected chi connectivity index (χ3v) is 9.98. The van der Waals surface area contributed by atoms with Crippen molar-refractivity contribution in [2.45, 2.75) is 16.2 Å². The monoisotopic (exact) mass is 670 g/mol. The van der Waals surface area contributed by atoms with E-state index in [1.807, 2.05) is 0 Å². The van der Waals surface area contributed by atoms with Gasteiger partial charge < -0.3 is 8.37 Å². The molecule has 6 aromatic rings. The second kappa shape index (κ2) is 12.2. The van der Waals surface area contributed by atoms with Gasteiger partial charge in [-0.1, -0.05) is 84.9 Å². The Balaban J connectivity index is 1.52. The average molecular weight is 671 g/mol. The van der Waals surface area contributed by atoms with E-state index in [9.17, 15) is 37.1 Å². The molecule has 0 heterocycles. The molecule has 0 saturated heterocycles. The Kier molecular flexibility index (Phi) is 8.05. The first-order chi connectivity index (χ1) is 22.5.